The predicted octanol–water partition coefficient (Wildman–Crippen LogP) is 4.88. The summed E-state index contributed by atoms with van der Waals surface area (Å²) >= 11 is 0. The molecular formula is C21H28N2O4. The summed E-state index contributed by atoms with van der Waals surface area (Å²) < 4.78 is 10.3. The van der Waals surface area contributed by atoms with E-state index in [2.05, 4.69) is 17.3 Å². The molecule has 0 aliphatic carbocycles. The fourth-order valence-electron chi connectivity index (χ4n) is 2.88. The summed E-state index contributed by atoms with van der Waals surface area (Å²) in [5, 5.41) is 7.39. The van der Waals surface area contributed by atoms with Gasteiger partial charge in [0.1, 0.15) is 11.1 Å². The average Bonchev–Trinajstić information content (AvgIpc) is 3.13. The number of aromatic nitrogens is 2. The Morgan fingerprint density at radius 2 is 1.78 bits per heavy atom. The highest BCUT2D eigenvalue weighted by Crippen LogP contribution is 2.19. The fraction of sp³-hybridized carbons (Fsp3) is 0.524. The molecule has 1 heterocycles. The third-order valence-electron chi connectivity index (χ3n) is 4.44. The zero-order chi connectivity index (χ0) is 19.5. The summed E-state index contributed by atoms with van der Waals surface area (Å²) in [5.41, 5.74) is 1.61. The zero-order valence-corrected chi connectivity index (χ0v) is 16.2. The number of fused-ring (bicyclic) bond motifs is 1. The quantitative estimate of drug-likeness (QED) is 0.174. The molecule has 0 N–H and O–H groups in total. The Morgan fingerprint density at radius 1 is 1.07 bits per heavy atom. The van der Waals surface area contributed by atoms with E-state index in [1.165, 1.54) is 45.1 Å². The van der Waals surface area contributed by atoms with Crippen LogP contribution < -0.4 is 0 Å². The maximum absolute atomic E-state index is 12.3. The molecule has 0 radical (unpaired) electrons. The van der Waals surface area contributed by atoms with Crippen molar-refractivity contribution in [3.05, 3.63) is 29.3 Å². The molecule has 146 valence electrons. The van der Waals surface area contributed by atoms with Crippen LogP contribution in [0.25, 0.3) is 17.2 Å². The average molecular weight is 372 g/mol. The van der Waals surface area contributed by atoms with E-state index in [-0.39, 0.29) is 11.4 Å². The summed E-state index contributed by atoms with van der Waals surface area (Å²) in [6.45, 7) is 3.89. The number of hydrogen-bond acceptors (Lipinski definition) is 6. The highest BCUT2D eigenvalue weighted by Gasteiger charge is 2.17. The molecule has 0 spiro atoms. The van der Waals surface area contributed by atoms with Crippen LogP contribution in [-0.4, -0.2) is 28.7 Å². The molecule has 27 heavy (non-hydrogen) atoms. The van der Waals surface area contributed by atoms with Gasteiger partial charge in [-0.2, -0.15) is 0 Å². The van der Waals surface area contributed by atoms with Crippen molar-refractivity contribution >= 4 is 28.9 Å². The van der Waals surface area contributed by atoms with Gasteiger partial charge in [-0.1, -0.05) is 64.0 Å². The number of rotatable bonds is 12. The molecule has 0 saturated carbocycles. The van der Waals surface area contributed by atoms with Gasteiger partial charge in [-0.3, -0.25) is 4.79 Å². The van der Waals surface area contributed by atoms with Crippen molar-refractivity contribution in [3.8, 4) is 0 Å². The van der Waals surface area contributed by atoms with Gasteiger partial charge < -0.3 is 9.26 Å². The highest BCUT2D eigenvalue weighted by atomic mass is 16.5. The molecule has 0 aliphatic rings. The predicted molar refractivity (Wildman–Crippen MR) is 104 cm³/mol. The summed E-state index contributed by atoms with van der Waals surface area (Å²) in [6.07, 6.45) is 10.8. The largest absolute Gasteiger partial charge is 0.462 e. The van der Waals surface area contributed by atoms with Crippen molar-refractivity contribution in [3.63, 3.8) is 0 Å². The number of Topliss-reactive ketones (excluding diaryl/α,β-unsaturated/α-hetero) is 1. The Kier molecular flexibility index (Phi) is 8.68. The van der Waals surface area contributed by atoms with Crippen molar-refractivity contribution in [1.29, 1.82) is 0 Å². The molecule has 1 aromatic heterocycles. The monoisotopic (exact) mass is 372 g/mol. The molecule has 1 aromatic carbocycles. The van der Waals surface area contributed by atoms with E-state index in [4.69, 9.17) is 9.26 Å². The first-order valence-electron chi connectivity index (χ1n) is 9.74. The molecule has 2 rings (SSSR count). The van der Waals surface area contributed by atoms with E-state index in [0.29, 0.717) is 23.3 Å². The van der Waals surface area contributed by atoms with Crippen LogP contribution in [0.1, 0.15) is 70.8 Å². The lowest BCUT2D eigenvalue weighted by molar-refractivity contribution is -0.140. The number of ketones is 1. The van der Waals surface area contributed by atoms with E-state index < -0.39 is 5.97 Å². The lowest BCUT2D eigenvalue weighted by atomic mass is 10.1. The van der Waals surface area contributed by atoms with Crippen LogP contribution in [0.5, 0.6) is 0 Å². The van der Waals surface area contributed by atoms with Gasteiger partial charge in [-0.25, -0.2) is 4.79 Å². The first-order valence-corrected chi connectivity index (χ1v) is 9.74. The van der Waals surface area contributed by atoms with Gasteiger partial charge in [0, 0.05) is 10.8 Å². The van der Waals surface area contributed by atoms with Crippen LogP contribution in [0.3, 0.4) is 0 Å². The lowest BCUT2D eigenvalue weighted by Crippen LogP contribution is -2.14. The van der Waals surface area contributed by atoms with Gasteiger partial charge >= 0.3 is 5.97 Å². The highest BCUT2D eigenvalue weighted by molar-refractivity contribution is 6.20. The molecule has 0 atom stereocenters. The summed E-state index contributed by atoms with van der Waals surface area (Å²) in [4.78, 5) is 24.2. The molecule has 6 nitrogen and oxygen atoms in total. The van der Waals surface area contributed by atoms with Gasteiger partial charge in [0.15, 0.2) is 11.4 Å². The van der Waals surface area contributed by atoms with E-state index in [1.807, 2.05) is 0 Å². The molecule has 6 heteroatoms. The summed E-state index contributed by atoms with van der Waals surface area (Å²) in [7, 11) is 0. The van der Waals surface area contributed by atoms with E-state index in [1.54, 1.807) is 18.2 Å². The Labute approximate surface area is 159 Å². The number of unbranched alkanes of at least 4 members (excludes halogenated alkanes) is 7. The maximum atomic E-state index is 12.3. The number of carbonyl (C=O) groups is 2. The smallest absolute Gasteiger partial charge is 0.341 e. The normalized spacial score (nSPS) is 11.7. The minimum absolute atomic E-state index is 0.00469. The van der Waals surface area contributed by atoms with E-state index in [9.17, 15) is 9.59 Å². The molecule has 2 aromatic rings. The SMILES string of the molecule is CCCCCCCCCCOC(=O)/C(=C\c1cccc2onnc12)C(C)=O. The number of carbonyl (C=O) groups excluding carboxylic acids is 2. The molecule has 0 aliphatic heterocycles. The van der Waals surface area contributed by atoms with Crippen molar-refractivity contribution in [1.82, 2.24) is 10.4 Å². The second-order valence-corrected chi connectivity index (χ2v) is 6.69. The van der Waals surface area contributed by atoms with Gasteiger partial charge in [0.2, 0.25) is 0 Å². The minimum atomic E-state index is -0.598. The van der Waals surface area contributed by atoms with Crippen molar-refractivity contribution in [2.75, 3.05) is 6.61 Å². The van der Waals surface area contributed by atoms with Gasteiger partial charge in [0.05, 0.1) is 6.61 Å². The molecule has 0 bridgehead atoms. The fourth-order valence-corrected chi connectivity index (χ4v) is 2.88. The number of ether oxygens (including phenoxy) is 1. The topological polar surface area (TPSA) is 82.3 Å². The third-order valence-corrected chi connectivity index (χ3v) is 4.44. The van der Waals surface area contributed by atoms with Crippen molar-refractivity contribution in [2.24, 2.45) is 0 Å². The van der Waals surface area contributed by atoms with E-state index >= 15 is 0 Å². The van der Waals surface area contributed by atoms with E-state index in [0.717, 1.165) is 19.3 Å². The minimum Gasteiger partial charge on any atom is -0.462 e. The molecule has 0 unspecified atom stereocenters. The number of esters is 1. The Balaban J connectivity index is 1.83. The van der Waals surface area contributed by atoms with Crippen LogP contribution in [0.4, 0.5) is 0 Å². The van der Waals surface area contributed by atoms with Crippen LogP contribution in [0.2, 0.25) is 0 Å². The Bertz CT molecular complexity index is 779. The summed E-state index contributed by atoms with van der Waals surface area (Å²) in [5.74, 6) is -0.941. The van der Waals surface area contributed by atoms with Gasteiger partial charge in [0.25, 0.3) is 0 Å². The standard InChI is InChI=1S/C21H28N2O4/c1-3-4-5-6-7-8-9-10-14-26-21(25)18(16(2)24)15-17-12-11-13-19-20(17)22-23-27-19/h11-13,15H,3-10,14H2,1-2H3/b18-15-. The van der Waals surface area contributed by atoms with Crippen molar-refractivity contribution < 1.29 is 18.8 Å². The van der Waals surface area contributed by atoms with Crippen molar-refractivity contribution in [2.45, 2.75) is 65.2 Å². The summed E-state index contributed by atoms with van der Waals surface area (Å²) in [6, 6.07) is 5.23. The van der Waals surface area contributed by atoms with Crippen LogP contribution >= 0.6 is 0 Å². The second kappa shape index (κ2) is 11.3. The number of hydrogen-bond donors (Lipinski definition) is 0. The Morgan fingerprint density at radius 3 is 2.48 bits per heavy atom. The lowest BCUT2D eigenvalue weighted by Gasteiger charge is -2.07. The maximum Gasteiger partial charge on any atom is 0.341 e. The van der Waals surface area contributed by atoms with Gasteiger partial charge in [-0.15, -0.1) is 5.10 Å². The molecular weight excluding hydrogens is 344 g/mol. The molecule has 0 saturated heterocycles. The number of nitrogens with zero attached hydrogens (tertiary/aromatic N) is 2. The van der Waals surface area contributed by atoms with Gasteiger partial charge in [-0.05, 0) is 25.5 Å². The van der Waals surface area contributed by atoms with Crippen LogP contribution in [-0.2, 0) is 14.3 Å². The second-order valence-electron chi connectivity index (χ2n) is 6.69. The van der Waals surface area contributed by atoms with Crippen LogP contribution in [0, 0.1) is 0 Å². The third kappa shape index (κ3) is 6.62. The first-order chi connectivity index (χ1) is 13.1. The van der Waals surface area contributed by atoms with Crippen LogP contribution in [0.15, 0.2) is 28.3 Å². The molecule has 0 amide bonds. The zero-order valence-electron chi connectivity index (χ0n) is 16.2. The Hall–Kier alpha value is -2.50. The number of benzene rings is 1. The molecule has 0 fully saturated rings. The first kappa shape index (κ1) is 20.8.